The van der Waals surface area contributed by atoms with Crippen molar-refractivity contribution in [2.75, 3.05) is 24.5 Å². The molecule has 5 heteroatoms. The van der Waals surface area contributed by atoms with Gasteiger partial charge in [-0.1, -0.05) is 0 Å². The summed E-state index contributed by atoms with van der Waals surface area (Å²) in [5, 5.41) is 5.61. The van der Waals surface area contributed by atoms with Gasteiger partial charge in [0.2, 0.25) is 0 Å². The van der Waals surface area contributed by atoms with Crippen molar-refractivity contribution in [1.82, 2.24) is 15.3 Å². The van der Waals surface area contributed by atoms with Gasteiger partial charge in [0.05, 0.1) is 10.2 Å². The lowest BCUT2D eigenvalue weighted by atomic mass is 10.2. The highest BCUT2D eigenvalue weighted by Crippen LogP contribution is 2.31. The Morgan fingerprint density at radius 2 is 2.35 bits per heavy atom. The molecule has 0 aromatic carbocycles. The van der Waals surface area contributed by atoms with Crippen LogP contribution in [0.25, 0.3) is 10.2 Å². The maximum absolute atomic E-state index is 4.48. The quantitative estimate of drug-likeness (QED) is 0.835. The summed E-state index contributed by atoms with van der Waals surface area (Å²) in [5.74, 6) is 1.10. The summed E-state index contributed by atoms with van der Waals surface area (Å²) in [4.78, 5) is 11.2. The number of aromatic nitrogens is 2. The first kappa shape index (κ1) is 10.9. The number of nitrogens with zero attached hydrogens (tertiary/aromatic N) is 3. The van der Waals surface area contributed by atoms with Crippen molar-refractivity contribution in [3.63, 3.8) is 0 Å². The van der Waals surface area contributed by atoms with Gasteiger partial charge in [-0.3, -0.25) is 0 Å². The van der Waals surface area contributed by atoms with Crippen LogP contribution >= 0.6 is 11.3 Å². The van der Waals surface area contributed by atoms with Crippen LogP contribution in [0.5, 0.6) is 0 Å². The van der Waals surface area contributed by atoms with Crippen molar-refractivity contribution in [2.24, 2.45) is 0 Å². The van der Waals surface area contributed by atoms with Crippen LogP contribution < -0.4 is 10.2 Å². The molecule has 2 aromatic rings. The number of anilines is 1. The summed E-state index contributed by atoms with van der Waals surface area (Å²) in [7, 11) is 0. The maximum atomic E-state index is 4.48. The first-order chi connectivity index (χ1) is 8.25. The first-order valence-electron chi connectivity index (χ1n) is 5.93. The molecule has 1 N–H and O–H groups in total. The van der Waals surface area contributed by atoms with Gasteiger partial charge in [0.15, 0.2) is 0 Å². The summed E-state index contributed by atoms with van der Waals surface area (Å²) in [6.07, 6.45) is 1.68. The summed E-state index contributed by atoms with van der Waals surface area (Å²) in [6, 6.07) is 0.523. The molecule has 1 saturated heterocycles. The summed E-state index contributed by atoms with van der Waals surface area (Å²) in [5.41, 5.74) is 2.35. The molecule has 1 atom stereocenters. The van der Waals surface area contributed by atoms with E-state index in [0.717, 1.165) is 31.0 Å². The Balaban J connectivity index is 2.04. The maximum Gasteiger partial charge on any atom is 0.150 e. The minimum Gasteiger partial charge on any atom is -0.353 e. The minimum atomic E-state index is 0.523. The van der Waals surface area contributed by atoms with E-state index in [1.807, 2.05) is 0 Å². The fourth-order valence-electron chi connectivity index (χ4n) is 2.31. The molecule has 3 heterocycles. The third-order valence-corrected chi connectivity index (χ3v) is 4.26. The van der Waals surface area contributed by atoms with Crippen LogP contribution in [0.2, 0.25) is 0 Å². The fourth-order valence-corrected chi connectivity index (χ4v) is 3.33. The molecule has 0 saturated carbocycles. The van der Waals surface area contributed by atoms with Gasteiger partial charge in [0, 0.05) is 25.7 Å². The molecule has 4 nitrogen and oxygen atoms in total. The number of aryl methyl sites for hydroxylation is 1. The number of rotatable bonds is 1. The van der Waals surface area contributed by atoms with E-state index >= 15 is 0 Å². The second-order valence-corrected chi connectivity index (χ2v) is 5.47. The molecule has 1 aliphatic heterocycles. The van der Waals surface area contributed by atoms with Crippen molar-refractivity contribution < 1.29 is 0 Å². The Morgan fingerprint density at radius 1 is 1.47 bits per heavy atom. The van der Waals surface area contributed by atoms with E-state index in [1.165, 1.54) is 10.3 Å². The van der Waals surface area contributed by atoms with E-state index in [0.29, 0.717) is 6.04 Å². The van der Waals surface area contributed by atoms with Gasteiger partial charge in [-0.05, 0) is 24.8 Å². The average molecular weight is 248 g/mol. The number of nitrogens with one attached hydrogen (secondary N) is 1. The van der Waals surface area contributed by atoms with E-state index in [1.54, 1.807) is 17.7 Å². The lowest BCUT2D eigenvalue weighted by Crippen LogP contribution is -2.49. The molecule has 0 radical (unpaired) electrons. The lowest BCUT2D eigenvalue weighted by Gasteiger charge is -2.32. The van der Waals surface area contributed by atoms with E-state index < -0.39 is 0 Å². The highest BCUT2D eigenvalue weighted by atomic mass is 32.1. The van der Waals surface area contributed by atoms with Gasteiger partial charge < -0.3 is 10.2 Å². The van der Waals surface area contributed by atoms with Gasteiger partial charge in [0.25, 0.3) is 0 Å². The summed E-state index contributed by atoms with van der Waals surface area (Å²) < 4.78 is 1.22. The zero-order chi connectivity index (χ0) is 11.8. The molecule has 0 unspecified atom stereocenters. The predicted octanol–water partition coefficient (Wildman–Crippen LogP) is 1.80. The molecule has 90 valence electrons. The van der Waals surface area contributed by atoms with Crippen LogP contribution in [0.15, 0.2) is 11.7 Å². The molecule has 1 aliphatic rings. The van der Waals surface area contributed by atoms with Gasteiger partial charge in [-0.25, -0.2) is 9.97 Å². The van der Waals surface area contributed by atoms with Gasteiger partial charge in [-0.15, -0.1) is 11.3 Å². The predicted molar refractivity (Wildman–Crippen MR) is 71.8 cm³/mol. The highest BCUT2D eigenvalue weighted by molar-refractivity contribution is 7.18. The van der Waals surface area contributed by atoms with Gasteiger partial charge in [0.1, 0.15) is 12.1 Å². The molecule has 0 spiro atoms. The third kappa shape index (κ3) is 1.89. The molecule has 0 amide bonds. The highest BCUT2D eigenvalue weighted by Gasteiger charge is 2.20. The monoisotopic (exact) mass is 248 g/mol. The number of hydrogen-bond donors (Lipinski definition) is 1. The van der Waals surface area contributed by atoms with Crippen LogP contribution in [-0.2, 0) is 0 Å². The van der Waals surface area contributed by atoms with Crippen molar-refractivity contribution in [3.05, 3.63) is 17.3 Å². The minimum absolute atomic E-state index is 0.523. The standard InChI is InChI=1S/C12H16N4S/c1-8-6-17-11-10(8)14-7-15-12(11)16-4-3-13-9(2)5-16/h6-7,9,13H,3-5H2,1-2H3/t9-/m1/s1. The van der Waals surface area contributed by atoms with Crippen molar-refractivity contribution >= 4 is 27.4 Å². The average Bonchev–Trinajstić information content (AvgIpc) is 2.71. The van der Waals surface area contributed by atoms with Crippen LogP contribution in [-0.4, -0.2) is 35.6 Å². The molecular formula is C12H16N4S. The second-order valence-electron chi connectivity index (χ2n) is 4.59. The normalized spacial score (nSPS) is 21.1. The molecule has 17 heavy (non-hydrogen) atoms. The first-order valence-corrected chi connectivity index (χ1v) is 6.81. The van der Waals surface area contributed by atoms with Crippen molar-refractivity contribution in [1.29, 1.82) is 0 Å². The molecular weight excluding hydrogens is 232 g/mol. The largest absolute Gasteiger partial charge is 0.353 e. The van der Waals surface area contributed by atoms with Gasteiger partial charge in [-0.2, -0.15) is 0 Å². The number of hydrogen-bond acceptors (Lipinski definition) is 5. The van der Waals surface area contributed by atoms with Crippen LogP contribution in [0.1, 0.15) is 12.5 Å². The molecule has 0 aliphatic carbocycles. The van der Waals surface area contributed by atoms with E-state index in [9.17, 15) is 0 Å². The Kier molecular flexibility index (Phi) is 2.72. The number of piperazine rings is 1. The molecule has 1 fully saturated rings. The number of fused-ring (bicyclic) bond motifs is 1. The fraction of sp³-hybridized carbons (Fsp3) is 0.500. The van der Waals surface area contributed by atoms with Crippen LogP contribution in [0, 0.1) is 6.92 Å². The molecule has 0 bridgehead atoms. The molecule has 2 aromatic heterocycles. The van der Waals surface area contributed by atoms with Crippen molar-refractivity contribution in [3.8, 4) is 0 Å². The van der Waals surface area contributed by atoms with E-state index in [4.69, 9.17) is 0 Å². The molecule has 3 rings (SSSR count). The zero-order valence-electron chi connectivity index (χ0n) is 10.1. The summed E-state index contributed by atoms with van der Waals surface area (Å²) in [6.45, 7) is 7.38. The second kappa shape index (κ2) is 4.23. The Morgan fingerprint density at radius 3 is 3.18 bits per heavy atom. The van der Waals surface area contributed by atoms with Crippen molar-refractivity contribution in [2.45, 2.75) is 19.9 Å². The van der Waals surface area contributed by atoms with Crippen LogP contribution in [0.4, 0.5) is 5.82 Å². The number of thiophene rings is 1. The van der Waals surface area contributed by atoms with E-state index in [-0.39, 0.29) is 0 Å². The SMILES string of the molecule is Cc1csc2c(N3CCN[C@H](C)C3)ncnc12. The van der Waals surface area contributed by atoms with Crippen LogP contribution in [0.3, 0.4) is 0 Å². The Hall–Kier alpha value is -1.20. The topological polar surface area (TPSA) is 41.0 Å². The van der Waals surface area contributed by atoms with Gasteiger partial charge >= 0.3 is 0 Å². The van der Waals surface area contributed by atoms with E-state index in [2.05, 4.69) is 39.4 Å². The lowest BCUT2D eigenvalue weighted by molar-refractivity contribution is 0.483. The zero-order valence-corrected chi connectivity index (χ0v) is 10.9. The smallest absolute Gasteiger partial charge is 0.150 e. The third-order valence-electron chi connectivity index (χ3n) is 3.18. The Labute approximate surface area is 105 Å². The summed E-state index contributed by atoms with van der Waals surface area (Å²) >= 11 is 1.75. The Bertz CT molecular complexity index is 536.